The largest absolute Gasteiger partial charge is 0.424 e. The molecule has 0 aromatic heterocycles. The molecule has 0 spiro atoms. The minimum absolute atomic E-state index is 0.00617. The van der Waals surface area contributed by atoms with E-state index in [1.807, 2.05) is 4.52 Å². The lowest BCUT2D eigenvalue weighted by Crippen LogP contribution is -2.16. The first kappa shape index (κ1) is 14.4. The Labute approximate surface area is 90.2 Å². The lowest BCUT2D eigenvalue weighted by molar-refractivity contribution is 0.472. The molecule has 1 rings (SSSR count). The van der Waals surface area contributed by atoms with Gasteiger partial charge in [0.15, 0.2) is 0 Å². The fourth-order valence-electron chi connectivity index (χ4n) is 1.15. The molecule has 0 aliphatic carbocycles. The van der Waals surface area contributed by atoms with Crippen LogP contribution >= 0.6 is 23.3 Å². The van der Waals surface area contributed by atoms with E-state index in [4.69, 9.17) is 0 Å². The Morgan fingerprint density at radius 1 is 0.812 bits per heavy atom. The molecule has 0 radical (unpaired) electrons. The number of nitrogens with zero attached hydrogens (tertiary/aromatic N) is 4. The van der Waals surface area contributed by atoms with Gasteiger partial charge in [0.05, 0.1) is 0 Å². The average molecular weight is 302 g/mol. The highest BCUT2D eigenvalue weighted by Crippen LogP contribution is 2.82. The van der Waals surface area contributed by atoms with Crippen molar-refractivity contribution >= 4 is 23.3 Å². The van der Waals surface area contributed by atoms with Gasteiger partial charge in [-0.1, -0.05) is 13.8 Å². The number of hydrogen-bond acceptors (Lipinski definition) is 4. The molecule has 1 unspecified atom stereocenters. The lowest BCUT2D eigenvalue weighted by Gasteiger charge is -2.26. The van der Waals surface area contributed by atoms with Gasteiger partial charge in [0.25, 0.3) is 0 Å². The predicted octanol–water partition coefficient (Wildman–Crippen LogP) is 6.03. The predicted molar refractivity (Wildman–Crippen MR) is 56.5 cm³/mol. The molecule has 1 aliphatic rings. The second kappa shape index (κ2) is 4.52. The Hall–Kier alpha value is 0.300. The lowest BCUT2D eigenvalue weighted by atomic mass is 10.7. The maximum absolute atomic E-state index is 14.0. The van der Waals surface area contributed by atoms with Gasteiger partial charge in [0.1, 0.15) is 0 Å². The summed E-state index contributed by atoms with van der Waals surface area (Å²) >= 11 is 0. The minimum Gasteiger partial charge on any atom is -0.227 e. The zero-order valence-electron chi connectivity index (χ0n) is 8.43. The smallest absolute Gasteiger partial charge is 0.227 e. The van der Waals surface area contributed by atoms with Gasteiger partial charge in [-0.15, -0.1) is 30.3 Å². The van der Waals surface area contributed by atoms with Crippen molar-refractivity contribution in [2.75, 3.05) is 13.1 Å². The van der Waals surface area contributed by atoms with Crippen LogP contribution in [-0.2, 0) is 0 Å². The normalized spacial score (nSPS) is 31.5. The Morgan fingerprint density at radius 3 is 1.62 bits per heavy atom. The molecule has 0 bridgehead atoms. The molecular formula is C4H10F5N4P3. The highest BCUT2D eigenvalue weighted by atomic mass is 31.3. The molecule has 16 heavy (non-hydrogen) atoms. The van der Waals surface area contributed by atoms with Gasteiger partial charge in [0.2, 0.25) is 0 Å². The second-order valence-corrected chi connectivity index (χ2v) is 8.34. The quantitative estimate of drug-likeness (QED) is 0.463. The van der Waals surface area contributed by atoms with E-state index in [0.717, 1.165) is 4.67 Å². The van der Waals surface area contributed by atoms with Crippen molar-refractivity contribution in [2.45, 2.75) is 13.8 Å². The zero-order valence-corrected chi connectivity index (χ0v) is 11.1. The Morgan fingerprint density at radius 2 is 1.25 bits per heavy atom. The third kappa shape index (κ3) is 3.16. The fraction of sp³-hybridized carbons (Fsp3) is 1.00. The summed E-state index contributed by atoms with van der Waals surface area (Å²) in [7, 11) is -15.8. The average Bonchev–Trinajstić information content (AvgIpc) is 1.97. The van der Waals surface area contributed by atoms with E-state index in [2.05, 4.69) is 9.03 Å². The Bertz CT molecular complexity index is 423. The van der Waals surface area contributed by atoms with Gasteiger partial charge in [-0.05, 0) is 0 Å². The highest BCUT2D eigenvalue weighted by Gasteiger charge is 2.41. The van der Waals surface area contributed by atoms with Crippen LogP contribution in [-0.4, -0.2) is 17.8 Å². The van der Waals surface area contributed by atoms with Crippen LogP contribution in [0.25, 0.3) is 0 Å². The van der Waals surface area contributed by atoms with Crippen LogP contribution in [0.1, 0.15) is 13.8 Å². The molecule has 0 aromatic rings. The second-order valence-electron chi connectivity index (χ2n) is 2.81. The summed E-state index contributed by atoms with van der Waals surface area (Å²) in [4.78, 5) is 0. The zero-order chi connectivity index (χ0) is 12.6. The minimum atomic E-state index is -5.57. The fourth-order valence-corrected chi connectivity index (χ4v) is 7.40. The van der Waals surface area contributed by atoms with Gasteiger partial charge in [-0.3, -0.25) is 0 Å². The molecule has 1 aliphatic heterocycles. The molecule has 0 N–H and O–H groups in total. The SMILES string of the molecule is CCN(CC)P1(F)=NP(F)(F)=NP(F)(F)=N1. The standard InChI is InChI=1S/C4H10F5N4P3/c1-3-13(4-2)16(9)11-14(5,6)10-15(7,8)12-16/h3-4H2,1-2H3. The molecule has 12 heteroatoms. The summed E-state index contributed by atoms with van der Waals surface area (Å²) in [6, 6.07) is 0. The summed E-state index contributed by atoms with van der Waals surface area (Å²) in [5.41, 5.74) is 0. The van der Waals surface area contributed by atoms with Crippen molar-refractivity contribution in [3.05, 3.63) is 0 Å². The van der Waals surface area contributed by atoms with Crippen molar-refractivity contribution in [3.8, 4) is 0 Å². The van der Waals surface area contributed by atoms with Crippen LogP contribution < -0.4 is 0 Å². The van der Waals surface area contributed by atoms with E-state index < -0.39 is 23.3 Å². The number of rotatable bonds is 3. The van der Waals surface area contributed by atoms with Crippen molar-refractivity contribution < 1.29 is 21.0 Å². The summed E-state index contributed by atoms with van der Waals surface area (Å²) in [5.74, 6) is 0. The van der Waals surface area contributed by atoms with Gasteiger partial charge in [-0.2, -0.15) is 4.20 Å². The van der Waals surface area contributed by atoms with Crippen molar-refractivity contribution in [2.24, 2.45) is 13.5 Å². The van der Waals surface area contributed by atoms with E-state index in [1.165, 1.54) is 13.8 Å². The maximum atomic E-state index is 14.0. The molecule has 0 aromatic carbocycles. The van der Waals surface area contributed by atoms with Crippen LogP contribution in [0.5, 0.6) is 0 Å². The van der Waals surface area contributed by atoms with Crippen LogP contribution in [0.2, 0.25) is 0 Å². The first-order chi connectivity index (χ1) is 7.14. The molecule has 1 atom stereocenters. The molecular weight excluding hydrogens is 292 g/mol. The molecule has 0 saturated heterocycles. The number of hydrogen-bond donors (Lipinski definition) is 0. The third-order valence-corrected chi connectivity index (χ3v) is 8.30. The van der Waals surface area contributed by atoms with Crippen molar-refractivity contribution in [3.63, 3.8) is 0 Å². The van der Waals surface area contributed by atoms with Crippen LogP contribution in [0.4, 0.5) is 21.0 Å². The summed E-state index contributed by atoms with van der Waals surface area (Å²) in [5, 5.41) is 0. The van der Waals surface area contributed by atoms with E-state index in [0.29, 0.717) is 0 Å². The Kier molecular flexibility index (Phi) is 4.06. The third-order valence-electron chi connectivity index (χ3n) is 1.75. The topological polar surface area (TPSA) is 40.3 Å². The number of halogens is 5. The van der Waals surface area contributed by atoms with Gasteiger partial charge < -0.3 is 0 Å². The maximum Gasteiger partial charge on any atom is 0.424 e. The molecule has 0 amide bonds. The van der Waals surface area contributed by atoms with E-state index in [1.54, 1.807) is 0 Å². The van der Waals surface area contributed by atoms with Gasteiger partial charge in [-0.25, -0.2) is 4.67 Å². The molecule has 0 fully saturated rings. The van der Waals surface area contributed by atoms with Gasteiger partial charge in [0, 0.05) is 13.1 Å². The first-order valence-corrected chi connectivity index (χ1v) is 8.78. The van der Waals surface area contributed by atoms with Crippen molar-refractivity contribution in [1.82, 2.24) is 4.67 Å². The van der Waals surface area contributed by atoms with E-state index >= 15 is 0 Å². The van der Waals surface area contributed by atoms with Crippen LogP contribution in [0.3, 0.4) is 0 Å². The van der Waals surface area contributed by atoms with E-state index in [-0.39, 0.29) is 13.1 Å². The summed E-state index contributed by atoms with van der Waals surface area (Å²) < 4.78 is 73.3. The molecule has 96 valence electrons. The first-order valence-electron chi connectivity index (χ1n) is 4.29. The highest BCUT2D eigenvalue weighted by molar-refractivity contribution is 7.78. The molecule has 1 heterocycles. The van der Waals surface area contributed by atoms with Crippen LogP contribution in [0, 0.1) is 0 Å². The van der Waals surface area contributed by atoms with E-state index in [9.17, 15) is 21.0 Å². The molecule has 0 saturated carbocycles. The monoisotopic (exact) mass is 302 g/mol. The van der Waals surface area contributed by atoms with Crippen molar-refractivity contribution in [1.29, 1.82) is 0 Å². The van der Waals surface area contributed by atoms with Crippen LogP contribution in [0.15, 0.2) is 13.5 Å². The van der Waals surface area contributed by atoms with Gasteiger partial charge >= 0.3 is 23.3 Å². The molecule has 4 nitrogen and oxygen atoms in total. The summed E-state index contributed by atoms with van der Waals surface area (Å²) in [6.07, 6.45) is 0. The summed E-state index contributed by atoms with van der Waals surface area (Å²) in [6.45, 7) is 2.92. The Balaban J connectivity index is 3.42.